The molecule has 0 heterocycles. The van der Waals surface area contributed by atoms with Gasteiger partial charge >= 0.3 is 0 Å². The largest absolute Gasteiger partial charge is 0.507 e. The molecule has 0 saturated heterocycles. The van der Waals surface area contributed by atoms with E-state index >= 15 is 0 Å². The van der Waals surface area contributed by atoms with Crippen molar-refractivity contribution in [2.45, 2.75) is 20.8 Å². The van der Waals surface area contributed by atoms with Crippen LogP contribution in [0.4, 0.5) is 11.4 Å². The van der Waals surface area contributed by atoms with Gasteiger partial charge in [0.25, 0.3) is 5.91 Å². The predicted molar refractivity (Wildman–Crippen MR) is 90.7 cm³/mol. The first kappa shape index (κ1) is 16.5. The van der Waals surface area contributed by atoms with E-state index in [4.69, 9.17) is 0 Å². The zero-order chi connectivity index (χ0) is 17.0. The van der Waals surface area contributed by atoms with Crippen molar-refractivity contribution in [1.29, 1.82) is 0 Å². The van der Waals surface area contributed by atoms with Crippen molar-refractivity contribution in [3.63, 3.8) is 0 Å². The maximum atomic E-state index is 12.2. The molecule has 5 nitrogen and oxygen atoms in total. The summed E-state index contributed by atoms with van der Waals surface area (Å²) in [5.41, 5.74) is 2.34. The number of hydrogen-bond acceptors (Lipinski definition) is 3. The zero-order valence-electron chi connectivity index (χ0n) is 13.4. The molecule has 0 aliphatic heterocycles. The lowest BCUT2D eigenvalue weighted by Gasteiger charge is -2.10. The van der Waals surface area contributed by atoms with E-state index in [2.05, 4.69) is 10.6 Å². The fourth-order valence-electron chi connectivity index (χ4n) is 1.96. The maximum absolute atomic E-state index is 12.2. The van der Waals surface area contributed by atoms with Crippen LogP contribution in [-0.4, -0.2) is 16.9 Å². The van der Waals surface area contributed by atoms with Gasteiger partial charge in [0, 0.05) is 17.3 Å². The average molecular weight is 312 g/mol. The van der Waals surface area contributed by atoms with Gasteiger partial charge < -0.3 is 15.7 Å². The number of hydrogen-bond donors (Lipinski definition) is 3. The van der Waals surface area contributed by atoms with Crippen LogP contribution in [0.3, 0.4) is 0 Å². The third-order valence-electron chi connectivity index (χ3n) is 3.33. The Labute approximate surface area is 135 Å². The highest BCUT2D eigenvalue weighted by molar-refractivity contribution is 6.06. The quantitative estimate of drug-likeness (QED) is 0.808. The third-order valence-corrected chi connectivity index (χ3v) is 3.33. The van der Waals surface area contributed by atoms with Gasteiger partial charge in [-0.05, 0) is 48.9 Å². The van der Waals surface area contributed by atoms with E-state index < -0.39 is 0 Å². The molecule has 0 aromatic heterocycles. The van der Waals surface area contributed by atoms with Gasteiger partial charge in [-0.3, -0.25) is 9.59 Å². The molecular weight excluding hydrogens is 292 g/mol. The Morgan fingerprint density at radius 1 is 0.957 bits per heavy atom. The van der Waals surface area contributed by atoms with Crippen molar-refractivity contribution in [2.75, 3.05) is 10.6 Å². The lowest BCUT2D eigenvalue weighted by molar-refractivity contribution is -0.118. The Bertz CT molecular complexity index is 722. The van der Waals surface area contributed by atoms with Gasteiger partial charge in [0.1, 0.15) is 5.75 Å². The van der Waals surface area contributed by atoms with Crippen molar-refractivity contribution in [3.05, 3.63) is 53.6 Å². The fourth-order valence-corrected chi connectivity index (χ4v) is 1.96. The van der Waals surface area contributed by atoms with Gasteiger partial charge in [-0.1, -0.05) is 19.9 Å². The Kier molecular flexibility index (Phi) is 5.01. The molecule has 0 aliphatic rings. The number of aryl methyl sites for hydroxylation is 1. The summed E-state index contributed by atoms with van der Waals surface area (Å²) >= 11 is 0. The lowest BCUT2D eigenvalue weighted by Crippen LogP contribution is -2.17. The molecule has 0 saturated carbocycles. The van der Waals surface area contributed by atoms with Crippen LogP contribution in [0.25, 0.3) is 0 Å². The average Bonchev–Trinajstić information content (AvgIpc) is 2.48. The summed E-state index contributed by atoms with van der Waals surface area (Å²) in [5, 5.41) is 15.3. The maximum Gasteiger partial charge on any atom is 0.259 e. The van der Waals surface area contributed by atoms with E-state index in [1.54, 1.807) is 42.5 Å². The van der Waals surface area contributed by atoms with E-state index in [0.29, 0.717) is 11.4 Å². The van der Waals surface area contributed by atoms with Crippen molar-refractivity contribution < 1.29 is 14.7 Å². The van der Waals surface area contributed by atoms with Crippen molar-refractivity contribution in [3.8, 4) is 5.75 Å². The molecule has 0 atom stereocenters. The smallest absolute Gasteiger partial charge is 0.259 e. The number of phenolic OH excluding ortho intramolecular Hbond substituents is 1. The monoisotopic (exact) mass is 312 g/mol. The summed E-state index contributed by atoms with van der Waals surface area (Å²) in [6.07, 6.45) is 0. The second-order valence-electron chi connectivity index (χ2n) is 5.70. The van der Waals surface area contributed by atoms with Crippen LogP contribution < -0.4 is 10.6 Å². The highest BCUT2D eigenvalue weighted by Gasteiger charge is 2.11. The van der Waals surface area contributed by atoms with Crippen molar-refractivity contribution in [1.82, 2.24) is 0 Å². The molecule has 2 aromatic rings. The number of aromatic hydroxyl groups is 1. The number of amides is 2. The molecule has 120 valence electrons. The first-order valence-corrected chi connectivity index (χ1v) is 7.38. The van der Waals surface area contributed by atoms with Crippen molar-refractivity contribution >= 4 is 23.2 Å². The Morgan fingerprint density at radius 3 is 2.04 bits per heavy atom. The molecule has 2 aromatic carbocycles. The van der Waals surface area contributed by atoms with Gasteiger partial charge in [-0.15, -0.1) is 0 Å². The van der Waals surface area contributed by atoms with Crippen LogP contribution in [-0.2, 0) is 4.79 Å². The topological polar surface area (TPSA) is 78.4 Å². The molecule has 2 rings (SSSR count). The van der Waals surface area contributed by atoms with Gasteiger partial charge in [0.05, 0.1) is 5.56 Å². The standard InChI is InChI=1S/C18H20N2O3/c1-11(2)17(22)19-13-5-7-14(8-6-13)20-18(23)15-9-4-12(3)10-16(15)21/h4-11,21H,1-3H3,(H,19,22)(H,20,23). The van der Waals surface area contributed by atoms with E-state index in [9.17, 15) is 14.7 Å². The number of benzene rings is 2. The normalized spacial score (nSPS) is 10.4. The van der Waals surface area contributed by atoms with Crippen LogP contribution in [0.2, 0.25) is 0 Å². The molecule has 0 aliphatic carbocycles. The van der Waals surface area contributed by atoms with E-state index in [-0.39, 0.29) is 29.0 Å². The number of carbonyl (C=O) groups excluding carboxylic acids is 2. The highest BCUT2D eigenvalue weighted by Crippen LogP contribution is 2.21. The van der Waals surface area contributed by atoms with E-state index in [1.165, 1.54) is 0 Å². The number of anilines is 2. The predicted octanol–water partition coefficient (Wildman–Crippen LogP) is 3.55. The molecule has 0 spiro atoms. The minimum Gasteiger partial charge on any atom is -0.507 e. The summed E-state index contributed by atoms with van der Waals surface area (Å²) in [6.45, 7) is 5.47. The molecule has 23 heavy (non-hydrogen) atoms. The Balaban J connectivity index is 2.06. The van der Waals surface area contributed by atoms with E-state index in [0.717, 1.165) is 5.56 Å². The van der Waals surface area contributed by atoms with Crippen molar-refractivity contribution in [2.24, 2.45) is 5.92 Å². The van der Waals surface area contributed by atoms with Gasteiger partial charge in [0.2, 0.25) is 5.91 Å². The molecule has 0 unspecified atom stereocenters. The second-order valence-corrected chi connectivity index (χ2v) is 5.70. The molecule has 0 bridgehead atoms. The first-order valence-electron chi connectivity index (χ1n) is 7.38. The molecule has 0 radical (unpaired) electrons. The van der Waals surface area contributed by atoms with Gasteiger partial charge in [0.15, 0.2) is 0 Å². The minimum atomic E-state index is -0.388. The summed E-state index contributed by atoms with van der Waals surface area (Å²) in [4.78, 5) is 23.8. The van der Waals surface area contributed by atoms with Crippen LogP contribution in [0.15, 0.2) is 42.5 Å². The molecule has 3 N–H and O–H groups in total. The molecule has 5 heteroatoms. The number of carbonyl (C=O) groups is 2. The minimum absolute atomic E-state index is 0.0525. The number of phenols is 1. The second kappa shape index (κ2) is 6.96. The zero-order valence-corrected chi connectivity index (χ0v) is 13.4. The number of nitrogens with one attached hydrogen (secondary N) is 2. The summed E-state index contributed by atoms with van der Waals surface area (Å²) in [6, 6.07) is 11.7. The lowest BCUT2D eigenvalue weighted by atomic mass is 10.1. The van der Waals surface area contributed by atoms with Crippen LogP contribution >= 0.6 is 0 Å². The van der Waals surface area contributed by atoms with Crippen LogP contribution in [0, 0.1) is 12.8 Å². The summed E-state index contributed by atoms with van der Waals surface area (Å²) < 4.78 is 0. The number of rotatable bonds is 4. The van der Waals surface area contributed by atoms with E-state index in [1.807, 2.05) is 20.8 Å². The first-order chi connectivity index (χ1) is 10.9. The SMILES string of the molecule is Cc1ccc(C(=O)Nc2ccc(NC(=O)C(C)C)cc2)c(O)c1. The fraction of sp³-hybridized carbons (Fsp3) is 0.222. The summed E-state index contributed by atoms with van der Waals surface area (Å²) in [5.74, 6) is -0.602. The molecule has 2 amide bonds. The van der Waals surface area contributed by atoms with Gasteiger partial charge in [-0.2, -0.15) is 0 Å². The van der Waals surface area contributed by atoms with Crippen LogP contribution in [0.5, 0.6) is 5.75 Å². The van der Waals surface area contributed by atoms with Crippen LogP contribution in [0.1, 0.15) is 29.8 Å². The molecular formula is C18H20N2O3. The molecule has 0 fully saturated rings. The van der Waals surface area contributed by atoms with Gasteiger partial charge in [-0.25, -0.2) is 0 Å². The third kappa shape index (κ3) is 4.32. The Morgan fingerprint density at radius 2 is 1.52 bits per heavy atom. The summed E-state index contributed by atoms with van der Waals surface area (Å²) in [7, 11) is 0. The highest BCUT2D eigenvalue weighted by atomic mass is 16.3. The Hall–Kier alpha value is -2.82.